The second-order valence-corrected chi connectivity index (χ2v) is 4.14. The van der Waals surface area contributed by atoms with Gasteiger partial charge in [-0.15, -0.1) is 0 Å². The van der Waals surface area contributed by atoms with Crippen LogP contribution in [0.15, 0.2) is 24.3 Å². The molecule has 0 spiro atoms. The Kier molecular flexibility index (Phi) is 4.56. The van der Waals surface area contributed by atoms with Gasteiger partial charge in [0, 0.05) is 5.02 Å². The minimum atomic E-state index is -5.91. The van der Waals surface area contributed by atoms with E-state index in [0.29, 0.717) is 0 Å². The van der Waals surface area contributed by atoms with Gasteiger partial charge < -0.3 is 4.74 Å². The van der Waals surface area contributed by atoms with E-state index in [-0.39, 0.29) is 16.7 Å². The fraction of sp³-hybridized carbons (Fsp3) is 0.364. The van der Waals surface area contributed by atoms with Crippen LogP contribution in [0.4, 0.5) is 26.3 Å². The smallest absolute Gasteiger partial charge is 0.340 e. The lowest BCUT2D eigenvalue weighted by Crippen LogP contribution is -2.57. The molecule has 0 radical (unpaired) electrons. The zero-order valence-corrected chi connectivity index (χ0v) is 10.3. The van der Waals surface area contributed by atoms with E-state index in [4.69, 9.17) is 16.9 Å². The van der Waals surface area contributed by atoms with Crippen LogP contribution < -0.4 is 0 Å². The summed E-state index contributed by atoms with van der Waals surface area (Å²) in [6.07, 6.45) is -11.8. The van der Waals surface area contributed by atoms with Gasteiger partial charge in [-0.3, -0.25) is 0 Å². The number of rotatable bonds is 3. The van der Waals surface area contributed by atoms with Crippen LogP contribution in [0.1, 0.15) is 5.56 Å². The van der Waals surface area contributed by atoms with Gasteiger partial charge in [-0.1, -0.05) is 23.7 Å². The first-order valence-corrected chi connectivity index (χ1v) is 5.34. The number of halogens is 7. The lowest BCUT2D eigenvalue weighted by Gasteiger charge is -2.30. The van der Waals surface area contributed by atoms with Gasteiger partial charge in [-0.2, -0.15) is 31.6 Å². The summed E-state index contributed by atoms with van der Waals surface area (Å²) in [4.78, 5) is 0. The highest BCUT2D eigenvalue weighted by Crippen LogP contribution is 2.45. The molecule has 110 valence electrons. The molecule has 0 amide bonds. The number of hydrogen-bond donors (Lipinski definition) is 0. The summed E-state index contributed by atoms with van der Waals surface area (Å²) in [6.45, 7) is -1.04. The molecule has 0 N–H and O–H groups in total. The first-order valence-electron chi connectivity index (χ1n) is 4.96. The molecule has 1 rings (SSSR count). The van der Waals surface area contributed by atoms with Crippen molar-refractivity contribution in [2.45, 2.75) is 24.6 Å². The van der Waals surface area contributed by atoms with E-state index < -0.39 is 24.6 Å². The summed E-state index contributed by atoms with van der Waals surface area (Å²) in [6, 6.07) is 5.11. The van der Waals surface area contributed by atoms with Crippen molar-refractivity contribution in [3.8, 4) is 6.07 Å². The van der Waals surface area contributed by atoms with Crippen LogP contribution in [0.5, 0.6) is 0 Å². The predicted octanol–water partition coefficient (Wildman–Crippen LogP) is 4.24. The fourth-order valence-corrected chi connectivity index (χ4v) is 1.38. The van der Waals surface area contributed by atoms with E-state index >= 15 is 0 Å². The van der Waals surface area contributed by atoms with E-state index in [1.54, 1.807) is 0 Å². The van der Waals surface area contributed by atoms with Crippen LogP contribution in [0.25, 0.3) is 0 Å². The van der Waals surface area contributed by atoms with Crippen LogP contribution >= 0.6 is 11.6 Å². The zero-order chi connectivity index (χ0) is 15.6. The summed E-state index contributed by atoms with van der Waals surface area (Å²) in [5.41, 5.74) is -4.85. The summed E-state index contributed by atoms with van der Waals surface area (Å²) in [7, 11) is 0. The highest BCUT2D eigenvalue weighted by molar-refractivity contribution is 6.30. The van der Waals surface area contributed by atoms with Crippen molar-refractivity contribution >= 4 is 11.6 Å². The largest absolute Gasteiger partial charge is 0.440 e. The zero-order valence-electron chi connectivity index (χ0n) is 9.52. The monoisotopic (exact) mass is 317 g/mol. The number of nitriles is 1. The van der Waals surface area contributed by atoms with Crippen molar-refractivity contribution in [3.05, 3.63) is 34.9 Å². The van der Waals surface area contributed by atoms with Crippen molar-refractivity contribution in [1.82, 2.24) is 0 Å². The van der Waals surface area contributed by atoms with Crippen molar-refractivity contribution in [3.63, 3.8) is 0 Å². The maximum Gasteiger partial charge on any atom is 0.440 e. The molecule has 9 heteroatoms. The number of hydrogen-bond acceptors (Lipinski definition) is 2. The Morgan fingerprint density at radius 2 is 1.45 bits per heavy atom. The third kappa shape index (κ3) is 3.16. The van der Waals surface area contributed by atoms with Crippen molar-refractivity contribution in [1.29, 1.82) is 5.26 Å². The van der Waals surface area contributed by atoms with Crippen LogP contribution in [0, 0.1) is 11.3 Å². The predicted molar refractivity (Wildman–Crippen MR) is 56.7 cm³/mol. The minimum Gasteiger partial charge on any atom is -0.340 e. The molecule has 0 aliphatic heterocycles. The minimum absolute atomic E-state index is 0.0162. The maximum atomic E-state index is 12.5. The van der Waals surface area contributed by atoms with Gasteiger partial charge in [0.25, 0.3) is 0 Å². The average molecular weight is 318 g/mol. The molecule has 0 bridgehead atoms. The number of ether oxygens (including phenoxy) is 1. The molecule has 0 aliphatic rings. The van der Waals surface area contributed by atoms with E-state index in [9.17, 15) is 26.3 Å². The first-order chi connectivity index (χ1) is 9.03. The molecule has 0 saturated carbocycles. The SMILES string of the molecule is N#CC(OCc1ccc(Cl)cc1)(C(F)(F)F)C(F)(F)F. The van der Waals surface area contributed by atoms with Gasteiger partial charge in [0.1, 0.15) is 6.07 Å². The van der Waals surface area contributed by atoms with Gasteiger partial charge in [0.05, 0.1) is 6.61 Å². The molecule has 1 aromatic rings. The highest BCUT2D eigenvalue weighted by atomic mass is 35.5. The summed E-state index contributed by atoms with van der Waals surface area (Å²) >= 11 is 5.52. The molecule has 2 nitrogen and oxygen atoms in total. The number of benzene rings is 1. The molecule has 1 aromatic carbocycles. The third-order valence-corrected chi connectivity index (χ3v) is 2.58. The van der Waals surface area contributed by atoms with E-state index in [1.807, 2.05) is 0 Å². The Bertz CT molecular complexity index is 488. The Labute approximate surface area is 114 Å². The average Bonchev–Trinajstić information content (AvgIpc) is 2.29. The third-order valence-electron chi connectivity index (χ3n) is 2.32. The second-order valence-electron chi connectivity index (χ2n) is 3.70. The highest BCUT2D eigenvalue weighted by Gasteiger charge is 2.73. The summed E-state index contributed by atoms with van der Waals surface area (Å²) in [5.74, 6) is 0. The molecule has 20 heavy (non-hydrogen) atoms. The molecular formula is C11H6ClF6NO. The topological polar surface area (TPSA) is 33.0 Å². The molecule has 0 atom stereocenters. The van der Waals surface area contributed by atoms with Crippen LogP contribution in [-0.4, -0.2) is 18.0 Å². The molecule has 0 fully saturated rings. The lowest BCUT2D eigenvalue weighted by atomic mass is 10.0. The summed E-state index contributed by atoms with van der Waals surface area (Å²) < 4.78 is 79.2. The molecule has 0 aromatic heterocycles. The Morgan fingerprint density at radius 3 is 1.80 bits per heavy atom. The van der Waals surface area contributed by atoms with E-state index in [0.717, 1.165) is 0 Å². The molecule has 0 aliphatic carbocycles. The summed E-state index contributed by atoms with van der Waals surface area (Å²) in [5, 5.41) is 8.59. The maximum absolute atomic E-state index is 12.5. The van der Waals surface area contributed by atoms with Crippen LogP contribution in [0.2, 0.25) is 5.02 Å². The Balaban J connectivity index is 3.04. The van der Waals surface area contributed by atoms with Crippen LogP contribution in [-0.2, 0) is 11.3 Å². The standard InChI is InChI=1S/C11H6ClF6NO/c12-8-3-1-7(2-4-8)5-20-9(6-19,10(13,14)15)11(16,17)18/h1-4H,5H2. The molecular weight excluding hydrogens is 312 g/mol. The Hall–Kier alpha value is -1.46. The van der Waals surface area contributed by atoms with Gasteiger partial charge in [-0.05, 0) is 17.7 Å². The number of nitrogens with zero attached hydrogens (tertiary/aromatic N) is 1. The Morgan fingerprint density at radius 1 is 1.00 bits per heavy atom. The first kappa shape index (κ1) is 16.6. The van der Waals surface area contributed by atoms with Crippen molar-refractivity contribution < 1.29 is 31.1 Å². The normalized spacial score (nSPS) is 13.1. The lowest BCUT2D eigenvalue weighted by molar-refractivity contribution is -0.360. The molecule has 0 unspecified atom stereocenters. The van der Waals surface area contributed by atoms with Crippen molar-refractivity contribution in [2.24, 2.45) is 0 Å². The van der Waals surface area contributed by atoms with Gasteiger partial charge >= 0.3 is 18.0 Å². The quantitative estimate of drug-likeness (QED) is 0.781. The van der Waals surface area contributed by atoms with Gasteiger partial charge in [0.15, 0.2) is 0 Å². The van der Waals surface area contributed by atoms with Crippen molar-refractivity contribution in [2.75, 3.05) is 0 Å². The fourth-order valence-electron chi connectivity index (χ4n) is 1.26. The number of alkyl halides is 6. The van der Waals surface area contributed by atoms with Gasteiger partial charge in [0.2, 0.25) is 0 Å². The van der Waals surface area contributed by atoms with Gasteiger partial charge in [-0.25, -0.2) is 0 Å². The van der Waals surface area contributed by atoms with E-state index in [1.165, 1.54) is 24.3 Å². The second kappa shape index (κ2) is 5.50. The van der Waals surface area contributed by atoms with Crippen LogP contribution in [0.3, 0.4) is 0 Å². The van der Waals surface area contributed by atoms with E-state index in [2.05, 4.69) is 4.74 Å². The molecule has 0 heterocycles. The molecule has 0 saturated heterocycles.